The minimum atomic E-state index is 1.04. The number of rotatable bonds is 5. The van der Waals surface area contributed by atoms with Crippen LogP contribution in [0.2, 0.25) is 0 Å². The highest BCUT2D eigenvalue weighted by molar-refractivity contribution is 9.10. The van der Waals surface area contributed by atoms with Crippen molar-refractivity contribution in [1.82, 2.24) is 15.1 Å². The zero-order chi connectivity index (χ0) is 13.8. The van der Waals surface area contributed by atoms with Gasteiger partial charge in [0.25, 0.3) is 0 Å². The van der Waals surface area contributed by atoms with Crippen LogP contribution in [0.15, 0.2) is 28.7 Å². The van der Waals surface area contributed by atoms with Crippen LogP contribution in [0.25, 0.3) is 5.69 Å². The summed E-state index contributed by atoms with van der Waals surface area (Å²) in [6, 6.07) is 8.19. The number of aromatic nitrogens is 2. The Morgan fingerprint density at radius 1 is 1.26 bits per heavy atom. The third kappa shape index (κ3) is 3.07. The Kier molecular flexibility index (Phi) is 4.77. The third-order valence-electron chi connectivity index (χ3n) is 3.38. The van der Waals surface area contributed by atoms with E-state index < -0.39 is 0 Å². The maximum absolute atomic E-state index is 4.69. The molecule has 4 heteroatoms. The quantitative estimate of drug-likeness (QED) is 0.855. The van der Waals surface area contributed by atoms with Crippen LogP contribution >= 0.6 is 15.9 Å². The second-order valence-electron chi connectivity index (χ2n) is 4.72. The van der Waals surface area contributed by atoms with Gasteiger partial charge in [-0.25, -0.2) is 4.68 Å². The Balaban J connectivity index is 2.33. The SMILES string of the molecule is CNCCCc1c(C)nn(-c2ccccc2Br)c1C. The molecular formula is C15H20BrN3. The summed E-state index contributed by atoms with van der Waals surface area (Å²) in [5.74, 6) is 0. The normalized spacial score (nSPS) is 10.9. The highest BCUT2D eigenvalue weighted by Crippen LogP contribution is 2.24. The van der Waals surface area contributed by atoms with Crippen molar-refractivity contribution in [2.75, 3.05) is 13.6 Å². The summed E-state index contributed by atoms with van der Waals surface area (Å²) in [6.45, 7) is 5.28. The summed E-state index contributed by atoms with van der Waals surface area (Å²) in [5.41, 5.74) is 4.83. The molecule has 0 bridgehead atoms. The Morgan fingerprint density at radius 2 is 2.00 bits per heavy atom. The van der Waals surface area contributed by atoms with E-state index >= 15 is 0 Å². The molecule has 0 aliphatic rings. The van der Waals surface area contributed by atoms with E-state index in [1.807, 2.05) is 29.9 Å². The standard InChI is InChI=1S/C15H20BrN3/c1-11-13(7-6-10-17-3)12(2)19(18-11)15-9-5-4-8-14(15)16/h4-5,8-9,17H,6-7,10H2,1-3H3. The number of benzene rings is 1. The molecule has 0 atom stereocenters. The van der Waals surface area contributed by atoms with Crippen LogP contribution in [0, 0.1) is 13.8 Å². The minimum Gasteiger partial charge on any atom is -0.320 e. The first kappa shape index (κ1) is 14.3. The Morgan fingerprint density at radius 3 is 2.68 bits per heavy atom. The largest absolute Gasteiger partial charge is 0.320 e. The number of aryl methyl sites for hydroxylation is 1. The second kappa shape index (κ2) is 6.35. The van der Waals surface area contributed by atoms with Gasteiger partial charge in [-0.15, -0.1) is 0 Å². The fraction of sp³-hybridized carbons (Fsp3) is 0.400. The van der Waals surface area contributed by atoms with Gasteiger partial charge in [-0.2, -0.15) is 5.10 Å². The van der Waals surface area contributed by atoms with E-state index in [2.05, 4.69) is 46.3 Å². The lowest BCUT2D eigenvalue weighted by Crippen LogP contribution is -2.09. The zero-order valence-corrected chi connectivity index (χ0v) is 13.3. The van der Waals surface area contributed by atoms with Gasteiger partial charge in [-0.1, -0.05) is 12.1 Å². The molecule has 0 fully saturated rings. The van der Waals surface area contributed by atoms with E-state index in [0.29, 0.717) is 0 Å². The maximum atomic E-state index is 4.69. The Labute approximate surface area is 123 Å². The summed E-state index contributed by atoms with van der Waals surface area (Å²) in [4.78, 5) is 0. The molecule has 3 nitrogen and oxygen atoms in total. The topological polar surface area (TPSA) is 29.9 Å². The van der Waals surface area contributed by atoms with Crippen molar-refractivity contribution in [2.45, 2.75) is 26.7 Å². The fourth-order valence-corrected chi connectivity index (χ4v) is 2.79. The number of nitrogens with one attached hydrogen (secondary N) is 1. The third-order valence-corrected chi connectivity index (χ3v) is 4.05. The van der Waals surface area contributed by atoms with Gasteiger partial charge in [-0.05, 0) is 73.9 Å². The van der Waals surface area contributed by atoms with Crippen LogP contribution in [0.5, 0.6) is 0 Å². The molecule has 0 aliphatic heterocycles. The summed E-state index contributed by atoms with van der Waals surface area (Å²) in [6.07, 6.45) is 2.21. The van der Waals surface area contributed by atoms with Gasteiger partial charge in [0.05, 0.1) is 11.4 Å². The average Bonchev–Trinajstić information content (AvgIpc) is 2.67. The monoisotopic (exact) mass is 321 g/mol. The molecule has 0 amide bonds. The predicted molar refractivity (Wildman–Crippen MR) is 83.0 cm³/mol. The van der Waals surface area contributed by atoms with Crippen LogP contribution in [0.3, 0.4) is 0 Å². The van der Waals surface area contributed by atoms with Crippen molar-refractivity contribution < 1.29 is 0 Å². The predicted octanol–water partition coefficient (Wildman–Crippen LogP) is 3.40. The molecule has 1 aromatic carbocycles. The molecule has 0 radical (unpaired) electrons. The lowest BCUT2D eigenvalue weighted by Gasteiger charge is -2.07. The van der Waals surface area contributed by atoms with Crippen LogP contribution < -0.4 is 5.32 Å². The van der Waals surface area contributed by atoms with Crippen molar-refractivity contribution >= 4 is 15.9 Å². The molecular weight excluding hydrogens is 302 g/mol. The highest BCUT2D eigenvalue weighted by Gasteiger charge is 2.13. The van der Waals surface area contributed by atoms with Crippen molar-refractivity contribution in [3.8, 4) is 5.69 Å². The zero-order valence-electron chi connectivity index (χ0n) is 11.7. The summed E-state index contributed by atoms with van der Waals surface area (Å²) in [5, 5.41) is 7.88. The van der Waals surface area contributed by atoms with Crippen molar-refractivity contribution in [3.05, 3.63) is 45.7 Å². The Hall–Kier alpha value is -1.13. The average molecular weight is 322 g/mol. The van der Waals surface area contributed by atoms with Gasteiger partial charge >= 0.3 is 0 Å². The molecule has 0 saturated carbocycles. The first-order valence-electron chi connectivity index (χ1n) is 6.59. The van der Waals surface area contributed by atoms with Gasteiger partial charge in [0.1, 0.15) is 0 Å². The molecule has 1 N–H and O–H groups in total. The lowest BCUT2D eigenvalue weighted by molar-refractivity contribution is 0.720. The molecule has 1 heterocycles. The maximum Gasteiger partial charge on any atom is 0.0790 e. The van der Waals surface area contributed by atoms with E-state index in [9.17, 15) is 0 Å². The number of nitrogens with zero attached hydrogens (tertiary/aromatic N) is 2. The molecule has 102 valence electrons. The second-order valence-corrected chi connectivity index (χ2v) is 5.57. The molecule has 0 spiro atoms. The molecule has 19 heavy (non-hydrogen) atoms. The molecule has 2 aromatic rings. The first-order chi connectivity index (χ1) is 9.15. The van der Waals surface area contributed by atoms with Crippen LogP contribution in [0.1, 0.15) is 23.4 Å². The van der Waals surface area contributed by atoms with Gasteiger partial charge in [0.15, 0.2) is 0 Å². The highest BCUT2D eigenvalue weighted by atomic mass is 79.9. The summed E-state index contributed by atoms with van der Waals surface area (Å²) < 4.78 is 3.11. The van der Waals surface area contributed by atoms with Crippen LogP contribution in [-0.2, 0) is 6.42 Å². The van der Waals surface area contributed by atoms with Gasteiger partial charge in [-0.3, -0.25) is 0 Å². The number of halogens is 1. The van der Waals surface area contributed by atoms with Gasteiger partial charge in [0.2, 0.25) is 0 Å². The molecule has 0 aliphatic carbocycles. The van der Waals surface area contributed by atoms with E-state index in [-0.39, 0.29) is 0 Å². The van der Waals surface area contributed by atoms with Gasteiger partial charge in [0, 0.05) is 10.2 Å². The van der Waals surface area contributed by atoms with E-state index in [1.165, 1.54) is 11.3 Å². The van der Waals surface area contributed by atoms with E-state index in [4.69, 9.17) is 0 Å². The number of hydrogen-bond donors (Lipinski definition) is 1. The first-order valence-corrected chi connectivity index (χ1v) is 7.39. The Bertz CT molecular complexity index is 561. The van der Waals surface area contributed by atoms with Crippen LogP contribution in [0.4, 0.5) is 0 Å². The molecule has 0 saturated heterocycles. The van der Waals surface area contributed by atoms with Crippen molar-refractivity contribution in [1.29, 1.82) is 0 Å². The van der Waals surface area contributed by atoms with Crippen molar-refractivity contribution in [3.63, 3.8) is 0 Å². The lowest BCUT2D eigenvalue weighted by atomic mass is 10.1. The summed E-state index contributed by atoms with van der Waals surface area (Å²) in [7, 11) is 1.99. The fourth-order valence-electron chi connectivity index (χ4n) is 2.34. The number of para-hydroxylation sites is 1. The minimum absolute atomic E-state index is 1.04. The van der Waals surface area contributed by atoms with Gasteiger partial charge < -0.3 is 5.32 Å². The summed E-state index contributed by atoms with van der Waals surface area (Å²) >= 11 is 3.59. The van der Waals surface area contributed by atoms with E-state index in [0.717, 1.165) is 35.2 Å². The van der Waals surface area contributed by atoms with Crippen LogP contribution in [-0.4, -0.2) is 23.4 Å². The molecule has 1 aromatic heterocycles. The number of hydrogen-bond acceptors (Lipinski definition) is 2. The smallest absolute Gasteiger partial charge is 0.0790 e. The molecule has 0 unspecified atom stereocenters. The van der Waals surface area contributed by atoms with E-state index in [1.54, 1.807) is 0 Å². The van der Waals surface area contributed by atoms with Crippen molar-refractivity contribution in [2.24, 2.45) is 0 Å². The molecule has 2 rings (SSSR count).